The van der Waals surface area contributed by atoms with E-state index in [0.29, 0.717) is 0 Å². The van der Waals surface area contributed by atoms with E-state index in [2.05, 4.69) is 15.9 Å². The Labute approximate surface area is 53.7 Å². The molecule has 0 fully saturated rings. The molecule has 0 aromatic heterocycles. The summed E-state index contributed by atoms with van der Waals surface area (Å²) in [5, 5.41) is 0. The molecule has 0 aliphatic rings. The third kappa shape index (κ3) is 5.01. The first-order chi connectivity index (χ1) is 2.41. The van der Waals surface area contributed by atoms with Crippen molar-refractivity contribution in [3.05, 3.63) is 11.1 Å². The van der Waals surface area contributed by atoms with E-state index in [1.807, 2.05) is 33.4 Å². The van der Waals surface area contributed by atoms with E-state index in [1.54, 1.807) is 0 Å². The van der Waals surface area contributed by atoms with Crippen molar-refractivity contribution in [3.63, 3.8) is 0 Å². The molecular weight excluding hydrogens is 244 g/mol. The zero-order chi connectivity index (χ0) is 4.12. The number of hydrogen-bond donors (Lipinski definition) is 0. The van der Waals surface area contributed by atoms with Crippen LogP contribution in [0.25, 0.3) is 0 Å². The minimum absolute atomic E-state index is 1.13. The Balaban J connectivity index is 2.62. The van der Waals surface area contributed by atoms with Crippen LogP contribution in [0.3, 0.4) is 0 Å². The maximum atomic E-state index is 3.13. The molecular formula is C3H4BrTe. The predicted octanol–water partition coefficient (Wildman–Crippen LogP) is 1.48. The van der Waals surface area contributed by atoms with Crippen molar-refractivity contribution >= 4 is 38.2 Å². The Bertz CT molecular complexity index is 33.9. The standard InChI is InChI=1S/C3H4BrTe/c4-2-1-3-5/h1-2H,3H2. The molecule has 29 valence electrons. The van der Waals surface area contributed by atoms with Gasteiger partial charge in [-0.05, 0) is 0 Å². The van der Waals surface area contributed by atoms with E-state index in [1.165, 1.54) is 0 Å². The minimum atomic E-state index is 1.13. The Hall–Kier alpha value is 1.01. The fourth-order valence-electron chi connectivity index (χ4n) is 0.0364. The van der Waals surface area contributed by atoms with Crippen LogP contribution in [0.4, 0.5) is 0 Å². The molecule has 0 aromatic rings. The molecule has 0 bridgehead atoms. The summed E-state index contributed by atoms with van der Waals surface area (Å²) in [5.74, 6) is 0. The molecule has 2 heteroatoms. The van der Waals surface area contributed by atoms with Crippen LogP contribution < -0.4 is 0 Å². The molecule has 5 heavy (non-hydrogen) atoms. The van der Waals surface area contributed by atoms with Gasteiger partial charge < -0.3 is 0 Å². The van der Waals surface area contributed by atoms with Gasteiger partial charge in [-0.3, -0.25) is 0 Å². The summed E-state index contributed by atoms with van der Waals surface area (Å²) in [7, 11) is 0. The quantitative estimate of drug-likeness (QED) is 0.616. The molecule has 0 saturated carbocycles. The van der Waals surface area contributed by atoms with Gasteiger partial charge in [-0.25, -0.2) is 0 Å². The van der Waals surface area contributed by atoms with E-state index in [-0.39, 0.29) is 0 Å². The zero-order valence-electron chi connectivity index (χ0n) is 2.65. The van der Waals surface area contributed by atoms with Crippen molar-refractivity contribution in [1.82, 2.24) is 0 Å². The van der Waals surface area contributed by atoms with Crippen LogP contribution in [0.15, 0.2) is 11.1 Å². The van der Waals surface area contributed by atoms with Crippen molar-refractivity contribution in [2.45, 2.75) is 4.47 Å². The van der Waals surface area contributed by atoms with Crippen LogP contribution in [-0.4, -0.2) is 22.3 Å². The maximum absolute atomic E-state index is 3.13. The van der Waals surface area contributed by atoms with Crippen LogP contribution in [0.5, 0.6) is 0 Å². The SMILES string of the molecule is BrC=CC[Te]. The summed E-state index contributed by atoms with van der Waals surface area (Å²) >= 11 is 5.17. The monoisotopic (exact) mass is 249 g/mol. The van der Waals surface area contributed by atoms with Crippen molar-refractivity contribution in [3.8, 4) is 0 Å². The molecule has 0 atom stereocenters. The van der Waals surface area contributed by atoms with Crippen molar-refractivity contribution in [2.24, 2.45) is 0 Å². The summed E-state index contributed by atoms with van der Waals surface area (Å²) in [5.41, 5.74) is 0. The van der Waals surface area contributed by atoms with Gasteiger partial charge in [-0.2, -0.15) is 0 Å². The molecule has 0 nitrogen and oxygen atoms in total. The second-order valence-corrected chi connectivity index (χ2v) is 2.01. The van der Waals surface area contributed by atoms with Gasteiger partial charge in [0.25, 0.3) is 0 Å². The van der Waals surface area contributed by atoms with Crippen LogP contribution in [0, 0.1) is 0 Å². The third-order valence-electron chi connectivity index (χ3n) is 0.185. The van der Waals surface area contributed by atoms with E-state index in [0.717, 1.165) is 4.47 Å². The van der Waals surface area contributed by atoms with Gasteiger partial charge in [0.05, 0.1) is 0 Å². The molecule has 0 saturated heterocycles. The fourth-order valence-corrected chi connectivity index (χ4v) is 1.27. The fraction of sp³-hybridized carbons (Fsp3) is 0.333. The summed E-state index contributed by atoms with van der Waals surface area (Å²) in [4.78, 5) is 1.87. The number of allylic oxidation sites excluding steroid dienone is 1. The van der Waals surface area contributed by atoms with Crippen LogP contribution in [-0.2, 0) is 0 Å². The molecule has 0 aliphatic carbocycles. The molecule has 0 aromatic carbocycles. The van der Waals surface area contributed by atoms with E-state index >= 15 is 0 Å². The second kappa shape index (κ2) is 5.01. The van der Waals surface area contributed by atoms with E-state index < -0.39 is 0 Å². The van der Waals surface area contributed by atoms with Crippen molar-refractivity contribution < 1.29 is 0 Å². The zero-order valence-corrected chi connectivity index (χ0v) is 6.56. The Kier molecular flexibility index (Phi) is 6.02. The van der Waals surface area contributed by atoms with Crippen LogP contribution >= 0.6 is 15.9 Å². The van der Waals surface area contributed by atoms with Crippen LogP contribution in [0.2, 0.25) is 4.47 Å². The molecule has 0 aliphatic heterocycles. The molecule has 0 amide bonds. The molecule has 1 radical (unpaired) electrons. The van der Waals surface area contributed by atoms with Crippen LogP contribution in [0.1, 0.15) is 0 Å². The second-order valence-electron chi connectivity index (χ2n) is 0.528. The first-order valence-corrected chi connectivity index (χ1v) is 3.81. The Morgan fingerprint density at radius 2 is 2.40 bits per heavy atom. The first kappa shape index (κ1) is 6.01. The topological polar surface area (TPSA) is 0 Å². The average Bonchev–Trinajstić information content (AvgIpc) is 1.41. The van der Waals surface area contributed by atoms with Gasteiger partial charge in [0.1, 0.15) is 0 Å². The van der Waals surface area contributed by atoms with Gasteiger partial charge in [0, 0.05) is 0 Å². The summed E-state index contributed by atoms with van der Waals surface area (Å²) in [6.45, 7) is 0. The number of rotatable bonds is 1. The van der Waals surface area contributed by atoms with Gasteiger partial charge in [0.2, 0.25) is 0 Å². The molecule has 0 rings (SSSR count). The van der Waals surface area contributed by atoms with Crippen molar-refractivity contribution in [2.75, 3.05) is 0 Å². The predicted molar refractivity (Wildman–Crippen MR) is 28.6 cm³/mol. The third-order valence-corrected chi connectivity index (χ3v) is 1.11. The van der Waals surface area contributed by atoms with Crippen molar-refractivity contribution in [1.29, 1.82) is 0 Å². The van der Waals surface area contributed by atoms with E-state index in [9.17, 15) is 0 Å². The number of hydrogen-bond acceptors (Lipinski definition) is 0. The summed E-state index contributed by atoms with van der Waals surface area (Å²) in [6.07, 6.45) is 2.05. The van der Waals surface area contributed by atoms with Gasteiger partial charge in [-0.15, -0.1) is 0 Å². The van der Waals surface area contributed by atoms with E-state index in [4.69, 9.17) is 0 Å². The normalized spacial score (nSPS) is 10.0. The Morgan fingerprint density at radius 1 is 1.80 bits per heavy atom. The first-order valence-electron chi connectivity index (χ1n) is 1.25. The number of halogens is 1. The summed E-state index contributed by atoms with van der Waals surface area (Å²) < 4.78 is 1.13. The van der Waals surface area contributed by atoms with Gasteiger partial charge >= 0.3 is 53.8 Å². The molecule has 0 N–H and O–H groups in total. The summed E-state index contributed by atoms with van der Waals surface area (Å²) in [6, 6.07) is 0. The molecule has 0 heterocycles. The molecule has 0 unspecified atom stereocenters. The molecule has 0 spiro atoms. The Morgan fingerprint density at radius 3 is 2.40 bits per heavy atom. The van der Waals surface area contributed by atoms with Gasteiger partial charge in [0.15, 0.2) is 0 Å². The van der Waals surface area contributed by atoms with Gasteiger partial charge in [-0.1, -0.05) is 0 Å². The average molecular weight is 248 g/mol.